The molecule has 3 heteroatoms. The molecule has 0 aliphatic carbocycles. The van der Waals surface area contributed by atoms with Crippen LogP contribution in [0.4, 0.5) is 0 Å². The van der Waals surface area contributed by atoms with Crippen LogP contribution in [0.1, 0.15) is 33.3 Å². The van der Waals surface area contributed by atoms with Gasteiger partial charge >= 0.3 is 0 Å². The molecule has 0 saturated heterocycles. The van der Waals surface area contributed by atoms with Crippen LogP contribution >= 0.6 is 0 Å². The third-order valence-corrected chi connectivity index (χ3v) is 3.41. The van der Waals surface area contributed by atoms with Crippen LogP contribution in [-0.2, 0) is 11.0 Å². The fraction of sp³-hybridized carbons (Fsp3) is 0.357. The van der Waals surface area contributed by atoms with Crippen LogP contribution in [0.3, 0.4) is 0 Å². The summed E-state index contributed by atoms with van der Waals surface area (Å²) in [5, 5.41) is 0. The van der Waals surface area contributed by atoms with Gasteiger partial charge in [0.25, 0.3) is 0 Å². The smallest absolute Gasteiger partial charge is 0.144 e. The van der Waals surface area contributed by atoms with E-state index in [1.165, 1.54) is 0 Å². The minimum absolute atomic E-state index is 0.302. The highest BCUT2D eigenvalue weighted by atomic mass is 32.2. The van der Waals surface area contributed by atoms with Crippen molar-refractivity contribution in [2.24, 2.45) is 4.40 Å². The summed E-state index contributed by atoms with van der Waals surface area (Å²) in [6.45, 7) is 7.69. The molecule has 92 valence electrons. The van der Waals surface area contributed by atoms with Crippen molar-refractivity contribution < 1.29 is 4.21 Å². The lowest BCUT2D eigenvalue weighted by molar-refractivity contribution is 0.651. The molecule has 1 aromatic rings. The minimum Gasteiger partial charge on any atom is -0.234 e. The molecular weight excluding hydrogens is 230 g/mol. The van der Waals surface area contributed by atoms with Gasteiger partial charge in [-0.1, -0.05) is 36.4 Å². The maximum absolute atomic E-state index is 11.7. The molecule has 0 aliphatic heterocycles. The highest BCUT2D eigenvalue weighted by Crippen LogP contribution is 2.12. The Bertz CT molecular complexity index is 441. The van der Waals surface area contributed by atoms with Gasteiger partial charge in [-0.05, 0) is 38.8 Å². The van der Waals surface area contributed by atoms with Crippen molar-refractivity contribution in [3.63, 3.8) is 0 Å². The largest absolute Gasteiger partial charge is 0.234 e. The number of rotatable bonds is 3. The van der Waals surface area contributed by atoms with E-state index in [0.717, 1.165) is 11.1 Å². The Balaban J connectivity index is 2.73. The third-order valence-electron chi connectivity index (χ3n) is 2.07. The molecule has 0 amide bonds. The summed E-state index contributed by atoms with van der Waals surface area (Å²) >= 11 is 0. The molecule has 0 bridgehead atoms. The van der Waals surface area contributed by atoms with E-state index in [4.69, 9.17) is 0 Å². The summed E-state index contributed by atoms with van der Waals surface area (Å²) in [5.74, 6) is 0. The van der Waals surface area contributed by atoms with Gasteiger partial charge in [0.1, 0.15) is 11.0 Å². The maximum atomic E-state index is 11.7. The molecule has 0 N–H and O–H groups in total. The molecule has 0 heterocycles. The van der Waals surface area contributed by atoms with Crippen molar-refractivity contribution in [3.05, 3.63) is 41.5 Å². The van der Waals surface area contributed by atoms with E-state index in [0.29, 0.717) is 0 Å². The summed E-state index contributed by atoms with van der Waals surface area (Å²) in [7, 11) is -1.19. The molecule has 17 heavy (non-hydrogen) atoms. The monoisotopic (exact) mass is 249 g/mol. The van der Waals surface area contributed by atoms with Gasteiger partial charge < -0.3 is 0 Å². The van der Waals surface area contributed by atoms with Crippen molar-refractivity contribution in [2.75, 3.05) is 0 Å². The lowest BCUT2D eigenvalue weighted by Crippen LogP contribution is -2.19. The van der Waals surface area contributed by atoms with E-state index in [1.807, 2.05) is 64.1 Å². The Kier molecular flexibility index (Phi) is 4.82. The molecule has 0 unspecified atom stereocenters. The minimum atomic E-state index is -1.19. The molecule has 1 aromatic carbocycles. The standard InChI is InChI=1S/C14H19NOS/c1-12(10-13-8-6-5-7-9-13)11-15-17(16)14(2,3)4/h5-11H,1-4H3/b12-10+,15-11+/t17-/m1/s1. The third kappa shape index (κ3) is 5.09. The molecular formula is C14H19NOS. The van der Waals surface area contributed by atoms with E-state index in [-0.39, 0.29) is 4.75 Å². The lowest BCUT2D eigenvalue weighted by Gasteiger charge is -2.12. The normalized spacial score (nSPS) is 15.2. The second-order valence-electron chi connectivity index (χ2n) is 4.90. The summed E-state index contributed by atoms with van der Waals surface area (Å²) in [4.78, 5) is 0. The molecule has 1 rings (SSSR count). The van der Waals surface area contributed by atoms with Crippen LogP contribution in [0.25, 0.3) is 6.08 Å². The molecule has 0 aromatic heterocycles. The Labute approximate surface area is 106 Å². The highest BCUT2D eigenvalue weighted by molar-refractivity contribution is 7.85. The van der Waals surface area contributed by atoms with Crippen molar-refractivity contribution in [1.82, 2.24) is 0 Å². The van der Waals surface area contributed by atoms with Crippen LogP contribution in [0.2, 0.25) is 0 Å². The maximum Gasteiger partial charge on any atom is 0.144 e. The predicted octanol–water partition coefficient (Wildman–Crippen LogP) is 3.62. The van der Waals surface area contributed by atoms with Gasteiger partial charge in [-0.2, -0.15) is 4.40 Å². The van der Waals surface area contributed by atoms with Crippen molar-refractivity contribution in [2.45, 2.75) is 32.4 Å². The average Bonchev–Trinajstić information content (AvgIpc) is 2.26. The number of nitrogens with zero attached hydrogens (tertiary/aromatic N) is 1. The predicted molar refractivity (Wildman–Crippen MR) is 76.5 cm³/mol. The van der Waals surface area contributed by atoms with Gasteiger partial charge in [0.2, 0.25) is 0 Å². The number of benzene rings is 1. The molecule has 1 atom stereocenters. The molecule has 0 spiro atoms. The van der Waals surface area contributed by atoms with Gasteiger partial charge in [-0.15, -0.1) is 0 Å². The number of allylic oxidation sites excluding steroid dienone is 1. The van der Waals surface area contributed by atoms with Crippen molar-refractivity contribution in [3.8, 4) is 0 Å². The Morgan fingerprint density at radius 3 is 2.35 bits per heavy atom. The number of hydrogen-bond acceptors (Lipinski definition) is 1. The van der Waals surface area contributed by atoms with E-state index < -0.39 is 11.0 Å². The van der Waals surface area contributed by atoms with Crippen molar-refractivity contribution >= 4 is 23.3 Å². The van der Waals surface area contributed by atoms with E-state index in [1.54, 1.807) is 6.21 Å². The first-order valence-corrected chi connectivity index (χ1v) is 6.70. The van der Waals surface area contributed by atoms with Gasteiger partial charge in [0.05, 0.1) is 4.75 Å². The zero-order chi connectivity index (χ0) is 12.9. The fourth-order valence-electron chi connectivity index (χ4n) is 1.14. The van der Waals surface area contributed by atoms with Gasteiger partial charge in [-0.3, -0.25) is 0 Å². The fourth-order valence-corrected chi connectivity index (χ4v) is 1.72. The Morgan fingerprint density at radius 2 is 1.82 bits per heavy atom. The summed E-state index contributed by atoms with van der Waals surface area (Å²) in [6, 6.07) is 10.0. The molecule has 0 aliphatic rings. The number of hydrogen-bond donors (Lipinski definition) is 0. The Morgan fingerprint density at radius 1 is 1.24 bits per heavy atom. The zero-order valence-electron chi connectivity index (χ0n) is 10.8. The summed E-state index contributed by atoms with van der Waals surface area (Å²) in [6.07, 6.45) is 3.69. The van der Waals surface area contributed by atoms with E-state index in [9.17, 15) is 4.21 Å². The van der Waals surface area contributed by atoms with Crippen LogP contribution < -0.4 is 0 Å². The van der Waals surface area contributed by atoms with E-state index in [2.05, 4.69) is 4.40 Å². The molecule has 2 nitrogen and oxygen atoms in total. The lowest BCUT2D eigenvalue weighted by atomic mass is 10.1. The SMILES string of the molecule is CC(/C=N/[S@](=O)C(C)(C)C)=C\c1ccccc1. The van der Waals surface area contributed by atoms with Gasteiger partial charge in [0, 0.05) is 6.21 Å². The van der Waals surface area contributed by atoms with Gasteiger partial charge in [-0.25, -0.2) is 4.21 Å². The highest BCUT2D eigenvalue weighted by Gasteiger charge is 2.17. The summed E-state index contributed by atoms with van der Waals surface area (Å²) in [5.41, 5.74) is 2.12. The average molecular weight is 249 g/mol. The zero-order valence-corrected chi connectivity index (χ0v) is 11.6. The van der Waals surface area contributed by atoms with Crippen LogP contribution in [0, 0.1) is 0 Å². The van der Waals surface area contributed by atoms with E-state index >= 15 is 0 Å². The van der Waals surface area contributed by atoms with Crippen molar-refractivity contribution in [1.29, 1.82) is 0 Å². The topological polar surface area (TPSA) is 29.4 Å². The van der Waals surface area contributed by atoms with Gasteiger partial charge in [0.15, 0.2) is 0 Å². The van der Waals surface area contributed by atoms with Crippen LogP contribution in [0.5, 0.6) is 0 Å². The van der Waals surface area contributed by atoms with Crippen LogP contribution in [0.15, 0.2) is 40.3 Å². The molecule has 0 radical (unpaired) electrons. The first-order valence-electron chi connectivity index (χ1n) is 5.59. The molecule has 0 fully saturated rings. The summed E-state index contributed by atoms with van der Waals surface area (Å²) < 4.78 is 15.5. The first-order chi connectivity index (χ1) is 7.89. The Hall–Kier alpha value is -1.22. The molecule has 0 saturated carbocycles. The second kappa shape index (κ2) is 5.92. The van der Waals surface area contributed by atoms with Crippen LogP contribution in [-0.4, -0.2) is 15.2 Å². The quantitative estimate of drug-likeness (QED) is 0.752. The first kappa shape index (κ1) is 13.8. The second-order valence-corrected chi connectivity index (χ2v) is 6.83.